The van der Waals surface area contributed by atoms with Crippen LogP contribution in [0.3, 0.4) is 0 Å². The summed E-state index contributed by atoms with van der Waals surface area (Å²) < 4.78 is 5.05. The molecule has 0 radical (unpaired) electrons. The summed E-state index contributed by atoms with van der Waals surface area (Å²) in [5.74, 6) is -1.24. The molecule has 0 spiro atoms. The van der Waals surface area contributed by atoms with Crippen LogP contribution in [0.4, 0.5) is 5.69 Å². The van der Waals surface area contributed by atoms with Crippen LogP contribution in [0.1, 0.15) is 43.5 Å². The lowest BCUT2D eigenvalue weighted by Gasteiger charge is -2.20. The molecule has 0 saturated carbocycles. The van der Waals surface area contributed by atoms with Crippen molar-refractivity contribution in [3.63, 3.8) is 0 Å². The van der Waals surface area contributed by atoms with Gasteiger partial charge in [-0.15, -0.1) is 0 Å². The number of unbranched alkanes of at least 4 members (excludes halogenated alkanes) is 1. The number of nitrogens with one attached hydrogen (secondary N) is 1. The van der Waals surface area contributed by atoms with Gasteiger partial charge in [0.25, 0.3) is 5.91 Å². The van der Waals surface area contributed by atoms with Crippen molar-refractivity contribution in [3.05, 3.63) is 29.8 Å². The largest absolute Gasteiger partial charge is 0.452 e. The quantitative estimate of drug-likeness (QED) is 0.693. The van der Waals surface area contributed by atoms with E-state index in [-0.39, 0.29) is 24.5 Å². The van der Waals surface area contributed by atoms with Crippen molar-refractivity contribution in [1.29, 1.82) is 5.26 Å². The van der Waals surface area contributed by atoms with E-state index in [1.165, 1.54) is 24.3 Å². The number of esters is 1. The number of rotatable bonds is 9. The van der Waals surface area contributed by atoms with E-state index in [1.807, 2.05) is 13.8 Å². The van der Waals surface area contributed by atoms with Gasteiger partial charge in [-0.25, -0.2) is 4.79 Å². The summed E-state index contributed by atoms with van der Waals surface area (Å²) in [6, 6.07) is 7.80. The molecule has 0 unspecified atom stereocenters. The second kappa shape index (κ2) is 10.8. The summed E-state index contributed by atoms with van der Waals surface area (Å²) in [4.78, 5) is 37.0. The van der Waals surface area contributed by atoms with Crippen LogP contribution in [0.15, 0.2) is 24.3 Å². The van der Waals surface area contributed by atoms with Crippen LogP contribution in [-0.2, 0) is 14.3 Å². The summed E-state index contributed by atoms with van der Waals surface area (Å²) in [6.45, 7) is 4.87. The summed E-state index contributed by atoms with van der Waals surface area (Å²) in [5.41, 5.74) is 0.757. The number of nitrogens with zero attached hydrogens (tertiary/aromatic N) is 2. The topological polar surface area (TPSA) is 99.5 Å². The fourth-order valence-corrected chi connectivity index (χ4v) is 2.08. The lowest BCUT2D eigenvalue weighted by molar-refractivity contribution is -0.134. The minimum atomic E-state index is -0.602. The molecule has 0 saturated heterocycles. The van der Waals surface area contributed by atoms with Gasteiger partial charge in [0.15, 0.2) is 6.61 Å². The van der Waals surface area contributed by atoms with Crippen LogP contribution in [0.5, 0.6) is 0 Å². The van der Waals surface area contributed by atoms with Crippen molar-refractivity contribution in [2.75, 3.05) is 25.0 Å². The normalized spacial score (nSPS) is 9.80. The first-order chi connectivity index (χ1) is 12.0. The third kappa shape index (κ3) is 7.04. The maximum absolute atomic E-state index is 12.0. The van der Waals surface area contributed by atoms with E-state index < -0.39 is 11.9 Å². The minimum Gasteiger partial charge on any atom is -0.452 e. The number of likely N-dealkylation sites (N-methyl/N-ethyl adjacent to an activating group) is 1. The molecule has 1 aromatic carbocycles. The van der Waals surface area contributed by atoms with Crippen molar-refractivity contribution in [2.45, 2.75) is 33.1 Å². The Balaban J connectivity index is 2.53. The lowest BCUT2D eigenvalue weighted by atomic mass is 10.2. The molecule has 0 aliphatic heterocycles. The van der Waals surface area contributed by atoms with Crippen LogP contribution in [0.25, 0.3) is 0 Å². The van der Waals surface area contributed by atoms with E-state index >= 15 is 0 Å². The molecule has 2 amide bonds. The van der Waals surface area contributed by atoms with Crippen molar-refractivity contribution in [1.82, 2.24) is 4.90 Å². The second-order valence-corrected chi connectivity index (χ2v) is 5.36. The molecule has 0 atom stereocenters. The maximum atomic E-state index is 12.0. The maximum Gasteiger partial charge on any atom is 0.338 e. The van der Waals surface area contributed by atoms with Gasteiger partial charge < -0.3 is 15.0 Å². The standard InChI is InChI=1S/C18H23N3O4/c1-3-5-12-21(4-2)17(23)13-25-18(24)14-6-8-15(9-7-14)20-16(22)10-11-19/h6-9H,3-5,10,12-13H2,1-2H3,(H,20,22). The summed E-state index contributed by atoms with van der Waals surface area (Å²) >= 11 is 0. The number of carbonyl (C=O) groups is 3. The van der Waals surface area contributed by atoms with Gasteiger partial charge in [-0.2, -0.15) is 5.26 Å². The zero-order valence-electron chi connectivity index (χ0n) is 14.6. The Bertz CT molecular complexity index is 635. The van der Waals surface area contributed by atoms with Gasteiger partial charge in [-0.05, 0) is 37.6 Å². The third-order valence-corrected chi connectivity index (χ3v) is 3.49. The van der Waals surface area contributed by atoms with E-state index in [0.29, 0.717) is 18.8 Å². The van der Waals surface area contributed by atoms with E-state index in [2.05, 4.69) is 5.32 Å². The van der Waals surface area contributed by atoms with Crippen LogP contribution >= 0.6 is 0 Å². The predicted molar refractivity (Wildman–Crippen MR) is 92.7 cm³/mol. The molecule has 7 heteroatoms. The number of nitriles is 1. The predicted octanol–water partition coefficient (Wildman–Crippen LogP) is 2.34. The first kappa shape index (κ1) is 20.2. The SMILES string of the molecule is CCCCN(CC)C(=O)COC(=O)c1ccc(NC(=O)CC#N)cc1. The Hall–Kier alpha value is -2.88. The molecule has 1 rings (SSSR count). The van der Waals surface area contributed by atoms with E-state index in [9.17, 15) is 14.4 Å². The van der Waals surface area contributed by atoms with Crippen molar-refractivity contribution in [2.24, 2.45) is 0 Å². The molecule has 0 fully saturated rings. The summed E-state index contributed by atoms with van der Waals surface area (Å²) in [6.07, 6.45) is 1.66. The van der Waals surface area contributed by atoms with E-state index in [4.69, 9.17) is 10.00 Å². The van der Waals surface area contributed by atoms with Gasteiger partial charge in [0.2, 0.25) is 5.91 Å². The summed E-state index contributed by atoms with van der Waals surface area (Å²) in [7, 11) is 0. The van der Waals surface area contributed by atoms with Crippen LogP contribution in [0, 0.1) is 11.3 Å². The Morgan fingerprint density at radius 2 is 1.88 bits per heavy atom. The molecule has 0 heterocycles. The molecule has 134 valence electrons. The van der Waals surface area contributed by atoms with Gasteiger partial charge in [-0.3, -0.25) is 9.59 Å². The van der Waals surface area contributed by atoms with Gasteiger partial charge in [0, 0.05) is 18.8 Å². The molecule has 7 nitrogen and oxygen atoms in total. The molecular weight excluding hydrogens is 322 g/mol. The Kier molecular flexibility index (Phi) is 8.72. The van der Waals surface area contributed by atoms with Gasteiger partial charge in [0.05, 0.1) is 11.6 Å². The average Bonchev–Trinajstić information content (AvgIpc) is 2.61. The van der Waals surface area contributed by atoms with Crippen LogP contribution in [-0.4, -0.2) is 42.4 Å². The molecular formula is C18H23N3O4. The zero-order chi connectivity index (χ0) is 18.7. The lowest BCUT2D eigenvalue weighted by Crippen LogP contribution is -2.35. The molecule has 0 bridgehead atoms. The Labute approximate surface area is 147 Å². The number of hydrogen-bond donors (Lipinski definition) is 1. The molecule has 0 aromatic heterocycles. The highest BCUT2D eigenvalue weighted by Crippen LogP contribution is 2.11. The third-order valence-electron chi connectivity index (χ3n) is 3.49. The minimum absolute atomic E-state index is 0.218. The molecule has 0 aliphatic carbocycles. The van der Waals surface area contributed by atoms with Crippen molar-refractivity contribution >= 4 is 23.5 Å². The number of benzene rings is 1. The van der Waals surface area contributed by atoms with E-state index in [1.54, 1.807) is 11.0 Å². The number of anilines is 1. The highest BCUT2D eigenvalue weighted by Gasteiger charge is 2.15. The van der Waals surface area contributed by atoms with Crippen molar-refractivity contribution < 1.29 is 19.1 Å². The highest BCUT2D eigenvalue weighted by atomic mass is 16.5. The molecule has 1 aromatic rings. The fourth-order valence-electron chi connectivity index (χ4n) is 2.08. The average molecular weight is 345 g/mol. The number of amides is 2. The van der Waals surface area contributed by atoms with Crippen LogP contribution in [0.2, 0.25) is 0 Å². The smallest absolute Gasteiger partial charge is 0.338 e. The van der Waals surface area contributed by atoms with Crippen LogP contribution < -0.4 is 5.32 Å². The fraction of sp³-hybridized carbons (Fsp3) is 0.444. The van der Waals surface area contributed by atoms with Gasteiger partial charge >= 0.3 is 5.97 Å². The monoisotopic (exact) mass is 345 g/mol. The molecule has 25 heavy (non-hydrogen) atoms. The second-order valence-electron chi connectivity index (χ2n) is 5.36. The van der Waals surface area contributed by atoms with E-state index in [0.717, 1.165) is 12.8 Å². The summed E-state index contributed by atoms with van der Waals surface area (Å²) in [5, 5.41) is 11.0. The first-order valence-corrected chi connectivity index (χ1v) is 8.23. The molecule has 0 aliphatic rings. The molecule has 1 N–H and O–H groups in total. The highest BCUT2D eigenvalue weighted by molar-refractivity contribution is 5.94. The number of carbonyl (C=O) groups excluding carboxylic acids is 3. The number of ether oxygens (including phenoxy) is 1. The Morgan fingerprint density at radius 3 is 2.44 bits per heavy atom. The zero-order valence-corrected chi connectivity index (χ0v) is 14.6. The van der Waals surface area contributed by atoms with Gasteiger partial charge in [0.1, 0.15) is 6.42 Å². The Morgan fingerprint density at radius 1 is 1.20 bits per heavy atom. The van der Waals surface area contributed by atoms with Crippen molar-refractivity contribution in [3.8, 4) is 6.07 Å². The first-order valence-electron chi connectivity index (χ1n) is 8.23. The number of hydrogen-bond acceptors (Lipinski definition) is 5. The van der Waals surface area contributed by atoms with Gasteiger partial charge in [-0.1, -0.05) is 13.3 Å².